The van der Waals surface area contributed by atoms with Gasteiger partial charge in [0.2, 0.25) is 5.95 Å². The predicted molar refractivity (Wildman–Crippen MR) is 67.9 cm³/mol. The molecule has 0 saturated carbocycles. The van der Waals surface area contributed by atoms with Gasteiger partial charge in [0.05, 0.1) is 5.69 Å². The fraction of sp³-hybridized carbons (Fsp3) is 0.0769. The van der Waals surface area contributed by atoms with Gasteiger partial charge >= 0.3 is 0 Å². The van der Waals surface area contributed by atoms with E-state index in [1.54, 1.807) is 12.3 Å². The molecular weight excluding hydrogens is 250 g/mol. The molecule has 3 aromatic rings. The van der Waals surface area contributed by atoms with E-state index in [1.807, 2.05) is 6.92 Å². The minimum absolute atomic E-state index is 0.113. The standard InChI is InChI=1S/C13H10F2N4/c1-7-4-5-17-12-11(7)18-13(16)19(12)10-3-2-8(14)6-9(10)15/h2-6H,1H3,(H2,16,18). The molecule has 0 fully saturated rings. The smallest absolute Gasteiger partial charge is 0.207 e. The van der Waals surface area contributed by atoms with Crippen molar-refractivity contribution in [3.05, 3.63) is 47.7 Å². The number of rotatable bonds is 1. The lowest BCUT2D eigenvalue weighted by Gasteiger charge is -2.07. The maximum atomic E-state index is 13.9. The Morgan fingerprint density at radius 1 is 1.21 bits per heavy atom. The third-order valence-corrected chi connectivity index (χ3v) is 2.92. The third kappa shape index (κ3) is 1.72. The van der Waals surface area contributed by atoms with Gasteiger partial charge in [0.15, 0.2) is 5.65 Å². The van der Waals surface area contributed by atoms with Gasteiger partial charge in [-0.25, -0.2) is 18.7 Å². The molecule has 6 heteroatoms. The van der Waals surface area contributed by atoms with E-state index in [4.69, 9.17) is 5.73 Å². The first-order valence-electron chi connectivity index (χ1n) is 5.63. The molecule has 0 unspecified atom stereocenters. The normalized spacial score (nSPS) is 11.1. The second-order valence-electron chi connectivity index (χ2n) is 4.20. The number of aromatic nitrogens is 3. The summed E-state index contributed by atoms with van der Waals surface area (Å²) in [5, 5.41) is 0. The number of hydrogen-bond donors (Lipinski definition) is 1. The molecule has 0 atom stereocenters. The average molecular weight is 260 g/mol. The number of pyridine rings is 1. The molecule has 19 heavy (non-hydrogen) atoms. The van der Waals surface area contributed by atoms with Crippen LogP contribution in [0.2, 0.25) is 0 Å². The van der Waals surface area contributed by atoms with E-state index in [1.165, 1.54) is 16.7 Å². The highest BCUT2D eigenvalue weighted by molar-refractivity contribution is 5.79. The van der Waals surface area contributed by atoms with Gasteiger partial charge in [-0.05, 0) is 30.7 Å². The zero-order valence-electron chi connectivity index (χ0n) is 10.1. The highest BCUT2D eigenvalue weighted by Crippen LogP contribution is 2.25. The summed E-state index contributed by atoms with van der Waals surface area (Å²) in [5.41, 5.74) is 7.87. The van der Waals surface area contributed by atoms with E-state index in [-0.39, 0.29) is 11.6 Å². The quantitative estimate of drug-likeness (QED) is 0.731. The first-order valence-corrected chi connectivity index (χ1v) is 5.63. The van der Waals surface area contributed by atoms with Gasteiger partial charge in [0.25, 0.3) is 0 Å². The molecule has 0 aliphatic rings. The predicted octanol–water partition coefficient (Wildman–Crippen LogP) is 2.59. The lowest BCUT2D eigenvalue weighted by Crippen LogP contribution is -2.04. The summed E-state index contributed by atoms with van der Waals surface area (Å²) in [6, 6.07) is 5.07. The van der Waals surface area contributed by atoms with Crippen LogP contribution in [-0.4, -0.2) is 14.5 Å². The number of imidazole rings is 1. The van der Waals surface area contributed by atoms with E-state index in [0.717, 1.165) is 11.6 Å². The SMILES string of the molecule is Cc1ccnc2c1nc(N)n2-c1ccc(F)cc1F. The number of nitrogens with zero attached hydrogens (tertiary/aromatic N) is 3. The Kier molecular flexibility index (Phi) is 2.45. The van der Waals surface area contributed by atoms with Crippen LogP contribution in [0.15, 0.2) is 30.5 Å². The Labute approximate surface area is 107 Å². The molecule has 1 aromatic carbocycles. The Morgan fingerprint density at radius 3 is 2.74 bits per heavy atom. The molecule has 0 aliphatic heterocycles. The van der Waals surface area contributed by atoms with E-state index in [0.29, 0.717) is 11.2 Å². The van der Waals surface area contributed by atoms with Crippen LogP contribution in [0.25, 0.3) is 16.9 Å². The van der Waals surface area contributed by atoms with E-state index in [2.05, 4.69) is 9.97 Å². The van der Waals surface area contributed by atoms with Crippen molar-refractivity contribution in [2.45, 2.75) is 6.92 Å². The van der Waals surface area contributed by atoms with Crippen LogP contribution in [0.4, 0.5) is 14.7 Å². The minimum Gasteiger partial charge on any atom is -0.369 e. The van der Waals surface area contributed by atoms with Gasteiger partial charge in [-0.1, -0.05) is 0 Å². The van der Waals surface area contributed by atoms with Crippen molar-refractivity contribution in [2.24, 2.45) is 0 Å². The fourth-order valence-electron chi connectivity index (χ4n) is 2.01. The molecule has 0 radical (unpaired) electrons. The molecule has 3 rings (SSSR count). The Bertz CT molecular complexity index is 780. The highest BCUT2D eigenvalue weighted by atomic mass is 19.1. The van der Waals surface area contributed by atoms with Crippen LogP contribution in [0.1, 0.15) is 5.56 Å². The van der Waals surface area contributed by atoms with Crippen molar-refractivity contribution in [3.8, 4) is 5.69 Å². The van der Waals surface area contributed by atoms with Gasteiger partial charge in [0.1, 0.15) is 17.2 Å². The minimum atomic E-state index is -0.714. The van der Waals surface area contributed by atoms with Gasteiger partial charge in [0, 0.05) is 12.3 Å². The summed E-state index contributed by atoms with van der Waals surface area (Å²) in [6.45, 7) is 1.86. The Hall–Kier alpha value is -2.50. The second-order valence-corrected chi connectivity index (χ2v) is 4.20. The summed E-state index contributed by atoms with van der Waals surface area (Å²) < 4.78 is 28.2. The Balaban J connectivity index is 2.36. The summed E-state index contributed by atoms with van der Waals surface area (Å²) in [5.74, 6) is -1.25. The number of nitrogen functional groups attached to an aromatic ring is 1. The van der Waals surface area contributed by atoms with Crippen LogP contribution in [0, 0.1) is 18.6 Å². The molecule has 4 nitrogen and oxygen atoms in total. The van der Waals surface area contributed by atoms with Crippen molar-refractivity contribution >= 4 is 17.1 Å². The summed E-state index contributed by atoms with van der Waals surface area (Å²) in [7, 11) is 0. The number of fused-ring (bicyclic) bond motifs is 1. The van der Waals surface area contributed by atoms with Crippen molar-refractivity contribution in [1.82, 2.24) is 14.5 Å². The van der Waals surface area contributed by atoms with Crippen LogP contribution in [0.3, 0.4) is 0 Å². The number of aryl methyl sites for hydroxylation is 1. The van der Waals surface area contributed by atoms with Gasteiger partial charge in [-0.2, -0.15) is 0 Å². The van der Waals surface area contributed by atoms with E-state index >= 15 is 0 Å². The molecular formula is C13H10F2N4. The number of hydrogen-bond acceptors (Lipinski definition) is 3. The second kappa shape index (κ2) is 4.01. The maximum absolute atomic E-state index is 13.9. The van der Waals surface area contributed by atoms with E-state index in [9.17, 15) is 8.78 Å². The van der Waals surface area contributed by atoms with Crippen LogP contribution < -0.4 is 5.73 Å². The van der Waals surface area contributed by atoms with Gasteiger partial charge in [-0.3, -0.25) is 4.57 Å². The van der Waals surface area contributed by atoms with Crippen LogP contribution in [0.5, 0.6) is 0 Å². The topological polar surface area (TPSA) is 56.7 Å². The molecule has 96 valence electrons. The molecule has 2 aromatic heterocycles. The summed E-state index contributed by atoms with van der Waals surface area (Å²) in [4.78, 5) is 8.33. The third-order valence-electron chi connectivity index (χ3n) is 2.92. The maximum Gasteiger partial charge on any atom is 0.207 e. The summed E-state index contributed by atoms with van der Waals surface area (Å²) in [6.07, 6.45) is 1.59. The van der Waals surface area contributed by atoms with E-state index < -0.39 is 11.6 Å². The number of anilines is 1. The molecule has 0 bridgehead atoms. The van der Waals surface area contributed by atoms with Crippen molar-refractivity contribution in [2.75, 3.05) is 5.73 Å². The van der Waals surface area contributed by atoms with Crippen molar-refractivity contribution in [3.63, 3.8) is 0 Å². The zero-order chi connectivity index (χ0) is 13.6. The number of benzene rings is 1. The molecule has 0 amide bonds. The zero-order valence-corrected chi connectivity index (χ0v) is 10.1. The molecule has 0 aliphatic carbocycles. The molecule has 0 saturated heterocycles. The molecule has 2 heterocycles. The molecule has 0 spiro atoms. The van der Waals surface area contributed by atoms with Crippen molar-refractivity contribution in [1.29, 1.82) is 0 Å². The average Bonchev–Trinajstić information content (AvgIpc) is 2.68. The number of halogens is 2. The number of nitrogens with two attached hydrogens (primary N) is 1. The van der Waals surface area contributed by atoms with Gasteiger partial charge in [-0.15, -0.1) is 0 Å². The monoisotopic (exact) mass is 260 g/mol. The summed E-state index contributed by atoms with van der Waals surface area (Å²) >= 11 is 0. The first kappa shape index (κ1) is 11.6. The largest absolute Gasteiger partial charge is 0.369 e. The van der Waals surface area contributed by atoms with Gasteiger partial charge < -0.3 is 5.73 Å². The lowest BCUT2D eigenvalue weighted by atomic mass is 10.2. The molecule has 2 N–H and O–H groups in total. The van der Waals surface area contributed by atoms with Crippen molar-refractivity contribution < 1.29 is 8.78 Å². The first-order chi connectivity index (χ1) is 9.08. The fourth-order valence-corrected chi connectivity index (χ4v) is 2.01. The lowest BCUT2D eigenvalue weighted by molar-refractivity contribution is 0.578. The Morgan fingerprint density at radius 2 is 2.00 bits per heavy atom. The van der Waals surface area contributed by atoms with Crippen LogP contribution in [-0.2, 0) is 0 Å². The van der Waals surface area contributed by atoms with Crippen LogP contribution >= 0.6 is 0 Å². The highest BCUT2D eigenvalue weighted by Gasteiger charge is 2.15.